The Bertz CT molecular complexity index is 841. The first-order valence-electron chi connectivity index (χ1n) is 10.3. The minimum absolute atomic E-state index is 0.131. The first-order chi connectivity index (χ1) is 14.0. The van der Waals surface area contributed by atoms with Crippen LogP contribution in [-0.4, -0.2) is 59.4 Å². The van der Waals surface area contributed by atoms with Gasteiger partial charge in [0.1, 0.15) is 11.6 Å². The van der Waals surface area contributed by atoms with Gasteiger partial charge in [0.25, 0.3) is 0 Å². The molecule has 1 N–H and O–H groups in total. The number of anilines is 2. The largest absolute Gasteiger partial charge is 0.339 e. The van der Waals surface area contributed by atoms with Gasteiger partial charge in [-0.05, 0) is 76.0 Å². The predicted octanol–water partition coefficient (Wildman–Crippen LogP) is 3.43. The molecule has 1 fully saturated rings. The summed E-state index contributed by atoms with van der Waals surface area (Å²) in [7, 11) is 4.00. The van der Waals surface area contributed by atoms with Gasteiger partial charge in [-0.3, -0.25) is 4.79 Å². The van der Waals surface area contributed by atoms with Gasteiger partial charge >= 0.3 is 0 Å². The number of nitrogens with zero attached hydrogens (tertiary/aromatic N) is 4. The quantitative estimate of drug-likeness (QED) is 0.731. The lowest BCUT2D eigenvalue weighted by atomic mass is 9.90. The third kappa shape index (κ3) is 6.68. The molecule has 2 aromatic heterocycles. The van der Waals surface area contributed by atoms with E-state index in [0.717, 1.165) is 56.2 Å². The molecule has 0 saturated carbocycles. The van der Waals surface area contributed by atoms with Gasteiger partial charge in [0.2, 0.25) is 5.91 Å². The summed E-state index contributed by atoms with van der Waals surface area (Å²) in [6.45, 7) is 4.43. The van der Waals surface area contributed by atoms with Gasteiger partial charge < -0.3 is 15.1 Å². The monoisotopic (exact) mass is 393 g/mol. The number of hydrogen-bond donors (Lipinski definition) is 1. The highest BCUT2D eigenvalue weighted by atomic mass is 16.2. The van der Waals surface area contributed by atoms with E-state index in [-0.39, 0.29) is 5.91 Å². The van der Waals surface area contributed by atoms with Crippen LogP contribution in [0, 0.1) is 12.8 Å². The number of nitrogens with one attached hydrogen (secondary N) is 1. The van der Waals surface area contributed by atoms with E-state index in [4.69, 9.17) is 0 Å². The van der Waals surface area contributed by atoms with Gasteiger partial charge in [-0.15, -0.1) is 0 Å². The Kier molecular flexibility index (Phi) is 7.36. The van der Waals surface area contributed by atoms with Crippen molar-refractivity contribution in [2.75, 3.05) is 39.0 Å². The number of hydrogen-bond acceptors (Lipinski definition) is 5. The molecule has 0 bridgehead atoms. The van der Waals surface area contributed by atoms with E-state index in [1.807, 2.05) is 61.3 Å². The van der Waals surface area contributed by atoms with Crippen LogP contribution in [0.3, 0.4) is 0 Å². The van der Waals surface area contributed by atoms with Crippen LogP contribution in [0.1, 0.15) is 24.1 Å². The van der Waals surface area contributed by atoms with Crippen molar-refractivity contribution in [3.63, 3.8) is 0 Å². The van der Waals surface area contributed by atoms with Crippen LogP contribution in [0.2, 0.25) is 0 Å². The number of likely N-dealkylation sites (tertiary alicyclic amines) is 1. The van der Waals surface area contributed by atoms with Crippen LogP contribution >= 0.6 is 0 Å². The van der Waals surface area contributed by atoms with Gasteiger partial charge in [0, 0.05) is 37.6 Å². The number of aromatic nitrogens is 2. The van der Waals surface area contributed by atoms with Crippen LogP contribution in [0.4, 0.5) is 11.6 Å². The van der Waals surface area contributed by atoms with E-state index in [2.05, 4.69) is 27.4 Å². The number of amides is 1. The molecule has 0 unspecified atom stereocenters. The normalized spacial score (nSPS) is 15.2. The average molecular weight is 394 g/mol. The maximum atomic E-state index is 12.3. The summed E-state index contributed by atoms with van der Waals surface area (Å²) in [5.41, 5.74) is 2.25. The fraction of sp³-hybridized carbons (Fsp3) is 0.435. The van der Waals surface area contributed by atoms with Crippen molar-refractivity contribution in [2.24, 2.45) is 5.92 Å². The molecular weight excluding hydrogens is 362 g/mol. The Balaban J connectivity index is 1.50. The van der Waals surface area contributed by atoms with Crippen molar-refractivity contribution >= 4 is 17.5 Å². The highest BCUT2D eigenvalue weighted by Gasteiger charge is 2.21. The van der Waals surface area contributed by atoms with E-state index in [9.17, 15) is 4.79 Å². The summed E-state index contributed by atoms with van der Waals surface area (Å²) in [5.74, 6) is 2.35. The van der Waals surface area contributed by atoms with Crippen LogP contribution in [0.15, 0.2) is 48.7 Å². The Hall–Kier alpha value is -2.73. The zero-order valence-corrected chi connectivity index (χ0v) is 17.6. The van der Waals surface area contributed by atoms with Crippen molar-refractivity contribution in [3.05, 3.63) is 59.9 Å². The third-order valence-electron chi connectivity index (χ3n) is 5.15. The molecule has 1 aliphatic heterocycles. The fourth-order valence-electron chi connectivity index (χ4n) is 3.57. The topological polar surface area (TPSA) is 61.4 Å². The van der Waals surface area contributed by atoms with Crippen molar-refractivity contribution in [1.29, 1.82) is 0 Å². The Morgan fingerprint density at radius 3 is 2.76 bits per heavy atom. The standard InChI is InChI=1S/C23H31N5O/c1-18-6-4-7-21(25-18)26-22-17-20(9-12-24-22)16-19-10-14-28(15-11-19)23(29)8-5-13-27(2)3/h4-9,12,17,19H,10-11,13-16H2,1-3H3,(H,24,25,26)/b8-5+. The first-order valence-corrected chi connectivity index (χ1v) is 10.3. The van der Waals surface area contributed by atoms with Gasteiger partial charge in [0.05, 0.1) is 0 Å². The molecule has 154 valence electrons. The fourth-order valence-corrected chi connectivity index (χ4v) is 3.57. The molecule has 6 heteroatoms. The second kappa shape index (κ2) is 10.2. The summed E-state index contributed by atoms with van der Waals surface area (Å²) >= 11 is 0. The number of carbonyl (C=O) groups excluding carboxylic acids is 1. The molecule has 3 rings (SSSR count). The minimum atomic E-state index is 0.131. The molecular formula is C23H31N5O. The van der Waals surface area contributed by atoms with Crippen LogP contribution in [-0.2, 0) is 11.2 Å². The zero-order chi connectivity index (χ0) is 20.6. The van der Waals surface area contributed by atoms with Crippen LogP contribution < -0.4 is 5.32 Å². The number of likely N-dealkylation sites (N-methyl/N-ethyl adjacent to an activating group) is 1. The lowest BCUT2D eigenvalue weighted by Crippen LogP contribution is -2.38. The van der Waals surface area contributed by atoms with Crippen molar-refractivity contribution in [1.82, 2.24) is 19.8 Å². The van der Waals surface area contributed by atoms with Crippen LogP contribution in [0.5, 0.6) is 0 Å². The van der Waals surface area contributed by atoms with Gasteiger partial charge in [-0.1, -0.05) is 12.1 Å². The maximum absolute atomic E-state index is 12.3. The Morgan fingerprint density at radius 2 is 2.03 bits per heavy atom. The second-order valence-electron chi connectivity index (χ2n) is 7.98. The molecule has 0 radical (unpaired) electrons. The molecule has 3 heterocycles. The van der Waals surface area contributed by atoms with Gasteiger partial charge in [-0.2, -0.15) is 0 Å². The summed E-state index contributed by atoms with van der Waals surface area (Å²) in [4.78, 5) is 25.2. The van der Waals surface area contributed by atoms with Crippen molar-refractivity contribution < 1.29 is 4.79 Å². The summed E-state index contributed by atoms with van der Waals surface area (Å²) in [5, 5.41) is 3.29. The Labute approximate surface area is 173 Å². The molecule has 1 aliphatic rings. The smallest absolute Gasteiger partial charge is 0.246 e. The number of aryl methyl sites for hydroxylation is 1. The molecule has 1 saturated heterocycles. The number of piperidine rings is 1. The highest BCUT2D eigenvalue weighted by Crippen LogP contribution is 2.23. The van der Waals surface area contributed by atoms with Crippen molar-refractivity contribution in [2.45, 2.75) is 26.2 Å². The zero-order valence-electron chi connectivity index (χ0n) is 17.6. The van der Waals surface area contributed by atoms with Gasteiger partial charge in [0.15, 0.2) is 0 Å². The molecule has 1 amide bonds. The van der Waals surface area contributed by atoms with Gasteiger partial charge in [-0.25, -0.2) is 9.97 Å². The summed E-state index contributed by atoms with van der Waals surface area (Å²) < 4.78 is 0. The SMILES string of the molecule is Cc1cccc(Nc2cc(CC3CCN(C(=O)/C=C/CN(C)C)CC3)ccn2)n1. The maximum Gasteiger partial charge on any atom is 0.246 e. The second-order valence-corrected chi connectivity index (χ2v) is 7.98. The van der Waals surface area contributed by atoms with E-state index in [0.29, 0.717) is 5.92 Å². The molecule has 0 aromatic carbocycles. The lowest BCUT2D eigenvalue weighted by Gasteiger charge is -2.31. The molecule has 0 aliphatic carbocycles. The Morgan fingerprint density at radius 1 is 1.24 bits per heavy atom. The molecule has 0 spiro atoms. The van der Waals surface area contributed by atoms with Crippen molar-refractivity contribution in [3.8, 4) is 0 Å². The molecule has 29 heavy (non-hydrogen) atoms. The molecule has 0 atom stereocenters. The predicted molar refractivity (Wildman–Crippen MR) is 117 cm³/mol. The average Bonchev–Trinajstić information content (AvgIpc) is 2.68. The highest BCUT2D eigenvalue weighted by molar-refractivity contribution is 5.87. The first kappa shape index (κ1) is 21.0. The van der Waals surface area contributed by atoms with E-state index < -0.39 is 0 Å². The third-order valence-corrected chi connectivity index (χ3v) is 5.15. The number of pyridine rings is 2. The van der Waals surface area contributed by atoms with E-state index in [1.165, 1.54) is 5.56 Å². The molecule has 2 aromatic rings. The number of rotatable bonds is 7. The minimum Gasteiger partial charge on any atom is -0.339 e. The van der Waals surface area contributed by atoms with E-state index in [1.54, 1.807) is 6.08 Å². The number of carbonyl (C=O) groups is 1. The lowest BCUT2D eigenvalue weighted by molar-refractivity contribution is -0.127. The molecule has 6 nitrogen and oxygen atoms in total. The van der Waals surface area contributed by atoms with E-state index >= 15 is 0 Å². The summed E-state index contributed by atoms with van der Waals surface area (Å²) in [6, 6.07) is 10.1. The summed E-state index contributed by atoms with van der Waals surface area (Å²) in [6.07, 6.45) is 8.58. The van der Waals surface area contributed by atoms with Crippen LogP contribution in [0.25, 0.3) is 0 Å².